The number of benzene rings is 1. The molecule has 0 saturated carbocycles. The van der Waals surface area contributed by atoms with Crippen molar-refractivity contribution in [2.45, 2.75) is 229 Å². The summed E-state index contributed by atoms with van der Waals surface area (Å²) in [5.74, 6) is 3.87. The molecule has 0 N–H and O–H groups in total. The Kier molecular flexibility index (Phi) is 32.8. The molecule has 0 amide bonds. The SMILES string of the molecule is CCCCCCCCCCCSc1cc(CCC)cc(SCCCCCCCCCCC)c1SCCCCCCCCCCC. The molecule has 0 aliphatic carbocycles. The third-order valence-corrected chi connectivity index (χ3v) is 12.9. The van der Waals surface area contributed by atoms with Crippen LogP contribution in [-0.4, -0.2) is 17.3 Å². The predicted octanol–water partition coefficient (Wildman–Crippen LogP) is 16.5. The van der Waals surface area contributed by atoms with E-state index in [1.54, 1.807) is 20.2 Å². The fourth-order valence-electron chi connectivity index (χ4n) is 6.20. The first-order chi connectivity index (χ1) is 22.3. The second-order valence-corrected chi connectivity index (χ2v) is 17.1. The third kappa shape index (κ3) is 25.9. The maximum atomic E-state index is 2.59. The van der Waals surface area contributed by atoms with Crippen molar-refractivity contribution in [2.24, 2.45) is 0 Å². The van der Waals surface area contributed by atoms with Gasteiger partial charge in [0.25, 0.3) is 0 Å². The van der Waals surface area contributed by atoms with Crippen molar-refractivity contribution in [1.82, 2.24) is 0 Å². The zero-order valence-corrected chi connectivity index (χ0v) is 33.5. The smallest absolute Gasteiger partial charge is 0.0344 e. The van der Waals surface area contributed by atoms with Crippen LogP contribution in [0, 0.1) is 0 Å². The molecule has 0 unspecified atom stereocenters. The fourth-order valence-corrected chi connectivity index (χ4v) is 10.0. The lowest BCUT2D eigenvalue weighted by atomic mass is 10.1. The van der Waals surface area contributed by atoms with Crippen molar-refractivity contribution < 1.29 is 0 Å². The molecule has 264 valence electrons. The van der Waals surface area contributed by atoms with Gasteiger partial charge in [0.2, 0.25) is 0 Å². The highest BCUT2D eigenvalue weighted by Gasteiger charge is 2.13. The minimum atomic E-state index is 1.22. The Balaban J connectivity index is 2.63. The maximum absolute atomic E-state index is 2.59. The van der Waals surface area contributed by atoms with Crippen LogP contribution in [0.5, 0.6) is 0 Å². The Bertz CT molecular complexity index is 700. The summed E-state index contributed by atoms with van der Waals surface area (Å²) in [6.07, 6.45) is 40.8. The van der Waals surface area contributed by atoms with Gasteiger partial charge in [0.1, 0.15) is 0 Å². The molecule has 45 heavy (non-hydrogen) atoms. The number of unbranched alkanes of at least 4 members (excludes halogenated alkanes) is 24. The van der Waals surface area contributed by atoms with Crippen molar-refractivity contribution in [3.05, 3.63) is 17.7 Å². The van der Waals surface area contributed by atoms with E-state index in [9.17, 15) is 0 Å². The average Bonchev–Trinajstić information content (AvgIpc) is 3.04. The van der Waals surface area contributed by atoms with E-state index in [0.29, 0.717) is 0 Å². The Labute approximate surface area is 297 Å². The van der Waals surface area contributed by atoms with Crippen LogP contribution in [-0.2, 0) is 6.42 Å². The summed E-state index contributed by atoms with van der Waals surface area (Å²) in [5.41, 5.74) is 1.58. The van der Waals surface area contributed by atoms with E-state index in [1.165, 1.54) is 203 Å². The maximum Gasteiger partial charge on any atom is 0.0344 e. The molecule has 1 aromatic carbocycles. The van der Waals surface area contributed by atoms with Crippen molar-refractivity contribution >= 4 is 35.3 Å². The lowest BCUT2D eigenvalue weighted by Crippen LogP contribution is -1.94. The predicted molar refractivity (Wildman–Crippen MR) is 214 cm³/mol. The van der Waals surface area contributed by atoms with Crippen LogP contribution < -0.4 is 0 Å². The van der Waals surface area contributed by atoms with E-state index in [4.69, 9.17) is 0 Å². The molecule has 0 radical (unpaired) electrons. The van der Waals surface area contributed by atoms with Gasteiger partial charge in [-0.3, -0.25) is 0 Å². The minimum Gasteiger partial charge on any atom is -0.125 e. The lowest BCUT2D eigenvalue weighted by Gasteiger charge is -2.17. The van der Waals surface area contributed by atoms with Crippen LogP contribution in [0.1, 0.15) is 213 Å². The summed E-state index contributed by atoms with van der Waals surface area (Å²) < 4.78 is 0. The number of hydrogen-bond acceptors (Lipinski definition) is 3. The summed E-state index contributed by atoms with van der Waals surface area (Å²) in [5, 5.41) is 0. The Morgan fingerprint density at radius 2 is 0.622 bits per heavy atom. The van der Waals surface area contributed by atoms with Crippen LogP contribution in [0.15, 0.2) is 26.8 Å². The van der Waals surface area contributed by atoms with Gasteiger partial charge in [-0.25, -0.2) is 0 Å². The molecule has 1 rings (SSSR count). The molecule has 0 saturated heterocycles. The lowest BCUT2D eigenvalue weighted by molar-refractivity contribution is 0.573. The van der Waals surface area contributed by atoms with Crippen molar-refractivity contribution in [2.75, 3.05) is 17.3 Å². The molecule has 0 fully saturated rings. The molecule has 0 aliphatic rings. The summed E-state index contributed by atoms with van der Waals surface area (Å²) in [6, 6.07) is 5.17. The van der Waals surface area contributed by atoms with Gasteiger partial charge >= 0.3 is 0 Å². The van der Waals surface area contributed by atoms with Gasteiger partial charge in [0.05, 0.1) is 0 Å². The van der Waals surface area contributed by atoms with Crippen LogP contribution in [0.4, 0.5) is 0 Å². The molecule has 0 aromatic heterocycles. The van der Waals surface area contributed by atoms with E-state index in [-0.39, 0.29) is 0 Å². The quantitative estimate of drug-likeness (QED) is 0.0518. The number of thioether (sulfide) groups is 3. The average molecular weight is 679 g/mol. The largest absolute Gasteiger partial charge is 0.125 e. The summed E-state index contributed by atoms with van der Waals surface area (Å²) in [6.45, 7) is 9.29. The molecule has 0 atom stereocenters. The normalized spacial score (nSPS) is 11.6. The minimum absolute atomic E-state index is 1.22. The van der Waals surface area contributed by atoms with E-state index < -0.39 is 0 Å². The van der Waals surface area contributed by atoms with Gasteiger partial charge in [-0.1, -0.05) is 188 Å². The molecule has 1 aromatic rings. The molecule has 3 heteroatoms. The van der Waals surface area contributed by atoms with E-state index >= 15 is 0 Å². The van der Waals surface area contributed by atoms with Crippen molar-refractivity contribution in [3.8, 4) is 0 Å². The topological polar surface area (TPSA) is 0 Å². The molecular weight excluding hydrogens is 601 g/mol. The van der Waals surface area contributed by atoms with Crippen LogP contribution >= 0.6 is 35.3 Å². The van der Waals surface area contributed by atoms with Crippen molar-refractivity contribution in [3.63, 3.8) is 0 Å². The Hall–Kier alpha value is 0.270. The number of rotatable bonds is 35. The first-order valence-corrected chi connectivity index (χ1v) is 23.3. The highest BCUT2D eigenvalue weighted by Crippen LogP contribution is 2.41. The second kappa shape index (κ2) is 34.1. The second-order valence-electron chi connectivity index (χ2n) is 13.7. The first-order valence-electron chi connectivity index (χ1n) is 20.3. The summed E-state index contributed by atoms with van der Waals surface area (Å²) in [7, 11) is 0. The van der Waals surface area contributed by atoms with Gasteiger partial charge < -0.3 is 0 Å². The monoisotopic (exact) mass is 679 g/mol. The first kappa shape index (κ1) is 43.3. The molecule has 0 bridgehead atoms. The molecule has 0 heterocycles. The zero-order valence-electron chi connectivity index (χ0n) is 31.0. The highest BCUT2D eigenvalue weighted by atomic mass is 32.2. The van der Waals surface area contributed by atoms with Gasteiger partial charge in [-0.15, -0.1) is 35.3 Å². The van der Waals surface area contributed by atoms with E-state index in [1.807, 2.05) is 0 Å². The van der Waals surface area contributed by atoms with Gasteiger partial charge in [-0.2, -0.15) is 0 Å². The fraction of sp³-hybridized carbons (Fsp3) is 0.857. The van der Waals surface area contributed by atoms with Crippen LogP contribution in [0.3, 0.4) is 0 Å². The number of hydrogen-bond donors (Lipinski definition) is 0. The van der Waals surface area contributed by atoms with Gasteiger partial charge in [-0.05, 0) is 60.6 Å². The molecule has 0 nitrogen and oxygen atoms in total. The molecule has 0 spiro atoms. The summed E-state index contributed by atoms with van der Waals surface area (Å²) in [4.78, 5) is 4.85. The van der Waals surface area contributed by atoms with Crippen molar-refractivity contribution in [1.29, 1.82) is 0 Å². The zero-order chi connectivity index (χ0) is 32.5. The van der Waals surface area contributed by atoms with Crippen LogP contribution in [0.25, 0.3) is 0 Å². The summed E-state index contributed by atoms with van der Waals surface area (Å²) >= 11 is 6.56. The molecule has 0 aliphatic heterocycles. The van der Waals surface area contributed by atoms with Crippen LogP contribution in [0.2, 0.25) is 0 Å². The molecular formula is C42H78S3. The van der Waals surface area contributed by atoms with E-state index in [0.717, 1.165) is 0 Å². The third-order valence-electron chi connectivity index (χ3n) is 9.12. The van der Waals surface area contributed by atoms with Gasteiger partial charge in [0, 0.05) is 14.7 Å². The highest BCUT2D eigenvalue weighted by molar-refractivity contribution is 8.03. The number of aryl methyl sites for hydroxylation is 1. The Morgan fingerprint density at radius 3 is 0.933 bits per heavy atom. The Morgan fingerprint density at radius 1 is 0.333 bits per heavy atom. The van der Waals surface area contributed by atoms with Gasteiger partial charge in [0.15, 0.2) is 0 Å². The van der Waals surface area contributed by atoms with E-state index in [2.05, 4.69) is 75.1 Å². The standard InChI is InChI=1S/C42H78S3/c1-5-9-12-15-18-21-24-27-30-34-43-40-37-39(33-8-4)38-41(44-35-31-28-25-22-19-16-13-10-6-2)42(40)45-36-32-29-26-23-20-17-14-11-7-3/h37-38H,5-36H2,1-4H3.